The maximum absolute atomic E-state index is 12.6. The normalized spacial score (nSPS) is 16.7. The Morgan fingerprint density at radius 3 is 2.84 bits per heavy atom. The Morgan fingerprint density at radius 2 is 2.03 bits per heavy atom. The van der Waals surface area contributed by atoms with E-state index < -0.39 is 0 Å². The molecule has 1 fully saturated rings. The lowest BCUT2D eigenvalue weighted by Gasteiger charge is -2.32. The van der Waals surface area contributed by atoms with Crippen molar-refractivity contribution in [1.82, 2.24) is 29.9 Å². The number of hydrogen-bond donors (Lipinski definition) is 1. The van der Waals surface area contributed by atoms with Crippen LogP contribution < -0.4 is 5.56 Å². The molecule has 1 amide bonds. The number of benzene rings is 1. The zero-order valence-corrected chi connectivity index (χ0v) is 18.1. The minimum atomic E-state index is -0.276. The lowest BCUT2D eigenvalue weighted by Crippen LogP contribution is -2.39. The van der Waals surface area contributed by atoms with Crippen molar-refractivity contribution in [2.45, 2.75) is 64.3 Å². The van der Waals surface area contributed by atoms with Gasteiger partial charge in [-0.1, -0.05) is 61.7 Å². The van der Waals surface area contributed by atoms with E-state index in [-0.39, 0.29) is 22.9 Å². The van der Waals surface area contributed by atoms with Crippen LogP contribution in [0.3, 0.4) is 0 Å². The number of unbranched alkanes of at least 4 members (excludes halogenated alkanes) is 3. The number of aromatic amines is 1. The number of likely N-dealkylation sites (tertiary alicyclic amines) is 1. The van der Waals surface area contributed by atoms with Gasteiger partial charge in [-0.2, -0.15) is 0 Å². The first kappa shape index (κ1) is 21.2. The van der Waals surface area contributed by atoms with Crippen LogP contribution in [-0.4, -0.2) is 48.9 Å². The summed E-state index contributed by atoms with van der Waals surface area (Å²) in [5.41, 5.74) is 1.53. The third-order valence-corrected chi connectivity index (χ3v) is 5.97. The maximum Gasteiger partial charge on any atom is 0.281 e. The molecule has 1 aliphatic heterocycles. The molecule has 2 aromatic heterocycles. The van der Waals surface area contributed by atoms with Crippen molar-refractivity contribution in [3.05, 3.63) is 52.1 Å². The van der Waals surface area contributed by atoms with Gasteiger partial charge in [0.2, 0.25) is 5.91 Å². The molecule has 0 saturated carbocycles. The van der Waals surface area contributed by atoms with Crippen molar-refractivity contribution in [3.63, 3.8) is 0 Å². The van der Waals surface area contributed by atoms with Crippen LogP contribution >= 0.6 is 0 Å². The van der Waals surface area contributed by atoms with Crippen molar-refractivity contribution in [1.29, 1.82) is 0 Å². The molecule has 3 heterocycles. The standard InChI is InChI=1S/C23H30N6O2/c1-2-3-4-8-13-19(30)28-14-9-12-18(16-28)21-24-22-20(23(31)25-21)26-27-29(22)15-17-10-6-5-7-11-17/h5-7,10-11,18H,2-4,8-9,12-16H2,1H3,(H,24,25,31). The van der Waals surface area contributed by atoms with Gasteiger partial charge in [-0.05, 0) is 24.8 Å². The van der Waals surface area contributed by atoms with Gasteiger partial charge in [0.05, 0.1) is 6.54 Å². The topological polar surface area (TPSA) is 96.8 Å². The molecule has 1 aliphatic rings. The maximum atomic E-state index is 12.6. The van der Waals surface area contributed by atoms with E-state index in [2.05, 4.69) is 22.2 Å². The number of amides is 1. The fourth-order valence-electron chi connectivity index (χ4n) is 4.23. The summed E-state index contributed by atoms with van der Waals surface area (Å²) in [5.74, 6) is 0.850. The molecule has 0 radical (unpaired) electrons. The first-order valence-corrected chi connectivity index (χ1v) is 11.3. The lowest BCUT2D eigenvalue weighted by molar-refractivity contribution is -0.132. The van der Waals surface area contributed by atoms with Crippen LogP contribution in [0.4, 0.5) is 0 Å². The minimum Gasteiger partial charge on any atom is -0.342 e. The number of fused-ring (bicyclic) bond motifs is 1. The summed E-state index contributed by atoms with van der Waals surface area (Å²) in [4.78, 5) is 34.8. The molecule has 1 unspecified atom stereocenters. The number of carbonyl (C=O) groups is 1. The molecule has 1 N–H and O–H groups in total. The average Bonchev–Trinajstić information content (AvgIpc) is 3.20. The van der Waals surface area contributed by atoms with E-state index in [1.165, 1.54) is 6.42 Å². The molecule has 1 saturated heterocycles. The third-order valence-electron chi connectivity index (χ3n) is 5.97. The van der Waals surface area contributed by atoms with Crippen molar-refractivity contribution in [2.75, 3.05) is 13.1 Å². The van der Waals surface area contributed by atoms with Crippen LogP contribution in [-0.2, 0) is 11.3 Å². The van der Waals surface area contributed by atoms with Gasteiger partial charge >= 0.3 is 0 Å². The second-order valence-electron chi connectivity index (χ2n) is 8.35. The number of hydrogen-bond acceptors (Lipinski definition) is 5. The quantitative estimate of drug-likeness (QED) is 0.562. The molecule has 8 nitrogen and oxygen atoms in total. The highest BCUT2D eigenvalue weighted by Gasteiger charge is 2.27. The van der Waals surface area contributed by atoms with Crippen molar-refractivity contribution < 1.29 is 4.79 Å². The molecular weight excluding hydrogens is 392 g/mol. The number of nitrogens with zero attached hydrogens (tertiary/aromatic N) is 5. The van der Waals surface area contributed by atoms with E-state index in [0.717, 1.165) is 44.2 Å². The van der Waals surface area contributed by atoms with Crippen molar-refractivity contribution in [2.24, 2.45) is 0 Å². The minimum absolute atomic E-state index is 0.0190. The van der Waals surface area contributed by atoms with Gasteiger partial charge in [0, 0.05) is 25.4 Å². The zero-order chi connectivity index (χ0) is 21.6. The van der Waals surface area contributed by atoms with Crippen LogP contribution in [0, 0.1) is 0 Å². The van der Waals surface area contributed by atoms with Gasteiger partial charge < -0.3 is 9.88 Å². The summed E-state index contributed by atoms with van der Waals surface area (Å²) in [6, 6.07) is 9.91. The Labute approximate surface area is 181 Å². The van der Waals surface area contributed by atoms with E-state index in [0.29, 0.717) is 31.0 Å². The third kappa shape index (κ3) is 5.00. The van der Waals surface area contributed by atoms with E-state index in [1.807, 2.05) is 35.2 Å². The number of piperidine rings is 1. The van der Waals surface area contributed by atoms with E-state index >= 15 is 0 Å². The Morgan fingerprint density at radius 1 is 1.19 bits per heavy atom. The summed E-state index contributed by atoms with van der Waals surface area (Å²) in [6.07, 6.45) is 6.79. The lowest BCUT2D eigenvalue weighted by atomic mass is 9.96. The summed E-state index contributed by atoms with van der Waals surface area (Å²) in [7, 11) is 0. The van der Waals surface area contributed by atoms with E-state index in [9.17, 15) is 9.59 Å². The SMILES string of the molecule is CCCCCCC(=O)N1CCCC(c2nc3c(nnn3Cc3ccccc3)c(=O)[nH]2)C1. The Bertz CT molecular complexity index is 1070. The van der Waals surface area contributed by atoms with Gasteiger partial charge in [0.1, 0.15) is 5.82 Å². The molecular formula is C23H30N6O2. The Kier molecular flexibility index (Phi) is 6.74. The predicted molar refractivity (Wildman–Crippen MR) is 119 cm³/mol. The van der Waals surface area contributed by atoms with Gasteiger partial charge in [-0.3, -0.25) is 9.59 Å². The molecule has 0 spiro atoms. The predicted octanol–water partition coefficient (Wildman–Crippen LogP) is 3.24. The highest BCUT2D eigenvalue weighted by Crippen LogP contribution is 2.25. The molecule has 1 aromatic carbocycles. The monoisotopic (exact) mass is 422 g/mol. The van der Waals surface area contributed by atoms with E-state index in [4.69, 9.17) is 4.98 Å². The number of aromatic nitrogens is 5. The summed E-state index contributed by atoms with van der Waals surface area (Å²) < 4.78 is 1.67. The molecule has 164 valence electrons. The second kappa shape index (κ2) is 9.85. The van der Waals surface area contributed by atoms with Gasteiger partial charge in [0.15, 0.2) is 11.2 Å². The molecule has 1 atom stereocenters. The smallest absolute Gasteiger partial charge is 0.281 e. The fourth-order valence-corrected chi connectivity index (χ4v) is 4.23. The molecule has 4 rings (SSSR count). The van der Waals surface area contributed by atoms with Crippen molar-refractivity contribution >= 4 is 17.1 Å². The van der Waals surface area contributed by atoms with Gasteiger partial charge in [-0.25, -0.2) is 9.67 Å². The first-order chi connectivity index (χ1) is 15.2. The summed E-state index contributed by atoms with van der Waals surface area (Å²) in [5, 5.41) is 8.18. The van der Waals surface area contributed by atoms with E-state index in [1.54, 1.807) is 4.68 Å². The first-order valence-electron chi connectivity index (χ1n) is 11.3. The van der Waals surface area contributed by atoms with Crippen molar-refractivity contribution in [3.8, 4) is 0 Å². The molecule has 0 aliphatic carbocycles. The molecule has 3 aromatic rings. The highest BCUT2D eigenvalue weighted by atomic mass is 16.2. The Balaban J connectivity index is 1.51. The van der Waals surface area contributed by atoms with Crippen LogP contribution in [0.2, 0.25) is 0 Å². The number of carbonyl (C=O) groups excluding carboxylic acids is 1. The van der Waals surface area contributed by atoms with Crippen LogP contribution in [0.1, 0.15) is 69.2 Å². The number of rotatable bonds is 8. The second-order valence-corrected chi connectivity index (χ2v) is 8.35. The van der Waals surface area contributed by atoms with Gasteiger partial charge in [-0.15, -0.1) is 5.10 Å². The molecule has 8 heteroatoms. The number of H-pyrrole nitrogens is 1. The average molecular weight is 423 g/mol. The molecule has 31 heavy (non-hydrogen) atoms. The largest absolute Gasteiger partial charge is 0.342 e. The van der Waals surface area contributed by atoms with Crippen LogP contribution in [0.15, 0.2) is 35.1 Å². The zero-order valence-electron chi connectivity index (χ0n) is 18.1. The Hall–Kier alpha value is -3.03. The number of nitrogens with one attached hydrogen (secondary N) is 1. The molecule has 0 bridgehead atoms. The van der Waals surface area contributed by atoms with Crippen LogP contribution in [0.25, 0.3) is 11.2 Å². The van der Waals surface area contributed by atoms with Gasteiger partial charge in [0.25, 0.3) is 5.56 Å². The highest BCUT2D eigenvalue weighted by molar-refractivity contribution is 5.76. The summed E-state index contributed by atoms with van der Waals surface area (Å²) in [6.45, 7) is 4.05. The van der Waals surface area contributed by atoms with Crippen LogP contribution in [0.5, 0.6) is 0 Å². The summed E-state index contributed by atoms with van der Waals surface area (Å²) >= 11 is 0. The fraction of sp³-hybridized carbons (Fsp3) is 0.522.